The van der Waals surface area contributed by atoms with Crippen LogP contribution in [0.5, 0.6) is 0 Å². The van der Waals surface area contributed by atoms with Gasteiger partial charge in [-0.15, -0.1) is 0 Å². The van der Waals surface area contributed by atoms with E-state index in [-0.39, 0.29) is 0 Å². The minimum absolute atomic E-state index is 0.655. The highest BCUT2D eigenvalue weighted by atomic mass is 16.3. The maximum absolute atomic E-state index is 6.56. The van der Waals surface area contributed by atoms with Crippen LogP contribution >= 0.6 is 0 Å². The number of furan rings is 1. The van der Waals surface area contributed by atoms with Crippen LogP contribution in [-0.2, 0) is 0 Å². The third-order valence-electron chi connectivity index (χ3n) is 12.0. The number of benzene rings is 9. The van der Waals surface area contributed by atoms with E-state index in [1.165, 1.54) is 38.5 Å². The second kappa shape index (κ2) is 14.7. The van der Waals surface area contributed by atoms with E-state index < -0.39 is 0 Å². The first-order valence-corrected chi connectivity index (χ1v) is 21.0. The molecule has 0 N–H and O–H groups in total. The van der Waals surface area contributed by atoms with Crippen LogP contribution in [0.2, 0.25) is 0 Å². The molecule has 290 valence electrons. The zero-order chi connectivity index (χ0) is 41.0. The van der Waals surface area contributed by atoms with Gasteiger partial charge in [-0.3, -0.25) is 0 Å². The van der Waals surface area contributed by atoms with E-state index in [1.54, 1.807) is 0 Å². The summed E-state index contributed by atoms with van der Waals surface area (Å²) in [5.74, 6) is 0.655. The van der Waals surface area contributed by atoms with E-state index in [9.17, 15) is 0 Å². The Balaban J connectivity index is 1.00. The van der Waals surface area contributed by atoms with Gasteiger partial charge < -0.3 is 8.98 Å². The minimum atomic E-state index is 0.655. The van der Waals surface area contributed by atoms with E-state index in [2.05, 4.69) is 205 Å². The van der Waals surface area contributed by atoms with Crippen molar-refractivity contribution < 1.29 is 4.42 Å². The SMILES string of the molecule is c1ccc(-c2cccc(-c3nc(-c4cccc(-c5cccc(-c6cccc7c6c6cc(-c8ccccc8)ccc6n7-c6ccccc6)c5)c4)c4oc5ccccc5c4n3)c2)cc1. The van der Waals surface area contributed by atoms with Gasteiger partial charge in [-0.25, -0.2) is 9.97 Å². The molecular weight excluding hydrogens is 755 g/mol. The molecule has 9 aromatic carbocycles. The van der Waals surface area contributed by atoms with E-state index in [4.69, 9.17) is 14.4 Å². The zero-order valence-corrected chi connectivity index (χ0v) is 33.6. The molecule has 0 aliphatic rings. The lowest BCUT2D eigenvalue weighted by molar-refractivity contribution is 0.667. The quantitative estimate of drug-likeness (QED) is 0.161. The van der Waals surface area contributed by atoms with E-state index in [0.717, 1.165) is 66.8 Å². The third-order valence-corrected chi connectivity index (χ3v) is 12.0. The van der Waals surface area contributed by atoms with Gasteiger partial charge in [0.2, 0.25) is 0 Å². The summed E-state index contributed by atoms with van der Waals surface area (Å²) >= 11 is 0. The van der Waals surface area contributed by atoms with Crippen LogP contribution in [0.25, 0.3) is 117 Å². The van der Waals surface area contributed by atoms with Gasteiger partial charge in [-0.05, 0) is 105 Å². The van der Waals surface area contributed by atoms with Gasteiger partial charge >= 0.3 is 0 Å². The molecule has 0 radical (unpaired) electrons. The number of hydrogen-bond acceptors (Lipinski definition) is 3. The summed E-state index contributed by atoms with van der Waals surface area (Å²) in [6, 6.07) is 79.4. The zero-order valence-electron chi connectivity index (χ0n) is 33.6. The summed E-state index contributed by atoms with van der Waals surface area (Å²) in [6.07, 6.45) is 0. The summed E-state index contributed by atoms with van der Waals surface area (Å²) in [4.78, 5) is 10.4. The highest BCUT2D eigenvalue weighted by Crippen LogP contribution is 2.42. The monoisotopic (exact) mass is 791 g/mol. The standard InChI is InChI=1S/C58H37N3O/c1-4-16-38(17-5-1)40-20-14-25-46(36-40)58-59-55(57-56(60-58)49-28-10-11-31-53(49)62-57)45-24-13-22-42(35-45)41-21-12-23-44(34-41)48-29-15-30-52-54(48)50-37-43(39-18-6-2-7-19-39)32-33-51(50)61(52)47-26-8-3-9-27-47/h1-37H. The van der Waals surface area contributed by atoms with E-state index in [1.807, 2.05) is 24.3 Å². The average Bonchev–Trinajstić information content (AvgIpc) is 3.90. The molecule has 3 heterocycles. The van der Waals surface area contributed by atoms with Gasteiger partial charge in [0.15, 0.2) is 11.4 Å². The predicted octanol–water partition coefficient (Wildman–Crippen LogP) is 15.5. The van der Waals surface area contributed by atoms with Crippen molar-refractivity contribution in [1.82, 2.24) is 14.5 Å². The van der Waals surface area contributed by atoms with Crippen LogP contribution in [0.4, 0.5) is 0 Å². The van der Waals surface area contributed by atoms with Crippen LogP contribution in [-0.4, -0.2) is 14.5 Å². The molecule has 0 fully saturated rings. The first-order valence-electron chi connectivity index (χ1n) is 21.0. The van der Waals surface area contributed by atoms with Gasteiger partial charge in [-0.2, -0.15) is 0 Å². The highest BCUT2D eigenvalue weighted by Gasteiger charge is 2.20. The smallest absolute Gasteiger partial charge is 0.180 e. The van der Waals surface area contributed by atoms with E-state index in [0.29, 0.717) is 11.4 Å². The number of rotatable bonds is 7. The summed E-state index contributed by atoms with van der Waals surface area (Å²) in [6.45, 7) is 0. The van der Waals surface area contributed by atoms with Crippen LogP contribution < -0.4 is 0 Å². The van der Waals surface area contributed by atoms with Crippen molar-refractivity contribution in [2.24, 2.45) is 0 Å². The number of fused-ring (bicyclic) bond motifs is 6. The Morgan fingerprint density at radius 2 is 0.903 bits per heavy atom. The maximum atomic E-state index is 6.56. The maximum Gasteiger partial charge on any atom is 0.180 e. The fourth-order valence-corrected chi connectivity index (χ4v) is 9.07. The molecule has 0 bridgehead atoms. The van der Waals surface area contributed by atoms with Gasteiger partial charge in [-0.1, -0.05) is 164 Å². The van der Waals surface area contributed by atoms with Crippen LogP contribution in [0.15, 0.2) is 229 Å². The van der Waals surface area contributed by atoms with Gasteiger partial charge in [0, 0.05) is 33.0 Å². The molecule has 0 unspecified atom stereocenters. The first-order chi connectivity index (χ1) is 30.7. The van der Waals surface area contributed by atoms with E-state index >= 15 is 0 Å². The first kappa shape index (κ1) is 35.6. The Kier molecular flexibility index (Phi) is 8.46. The van der Waals surface area contributed by atoms with Crippen molar-refractivity contribution in [2.45, 2.75) is 0 Å². The van der Waals surface area contributed by atoms with Crippen molar-refractivity contribution in [3.05, 3.63) is 224 Å². The number of hydrogen-bond donors (Lipinski definition) is 0. The fourth-order valence-electron chi connectivity index (χ4n) is 9.07. The second-order valence-corrected chi connectivity index (χ2v) is 15.7. The molecule has 4 nitrogen and oxygen atoms in total. The van der Waals surface area contributed by atoms with Crippen molar-refractivity contribution >= 4 is 43.9 Å². The molecule has 3 aromatic heterocycles. The van der Waals surface area contributed by atoms with Crippen molar-refractivity contribution in [2.75, 3.05) is 0 Å². The molecule has 0 aliphatic heterocycles. The number of nitrogens with zero attached hydrogens (tertiary/aromatic N) is 3. The number of para-hydroxylation sites is 2. The molecule has 12 aromatic rings. The largest absolute Gasteiger partial charge is 0.452 e. The predicted molar refractivity (Wildman–Crippen MR) is 256 cm³/mol. The molecule has 4 heteroatoms. The second-order valence-electron chi connectivity index (χ2n) is 15.7. The molecule has 0 saturated heterocycles. The molecule has 0 spiro atoms. The van der Waals surface area contributed by atoms with Gasteiger partial charge in [0.25, 0.3) is 0 Å². The lowest BCUT2D eigenvalue weighted by Gasteiger charge is -2.11. The van der Waals surface area contributed by atoms with Gasteiger partial charge in [0.05, 0.1) is 11.0 Å². The summed E-state index contributed by atoms with van der Waals surface area (Å²) < 4.78 is 8.96. The Morgan fingerprint density at radius 3 is 1.65 bits per heavy atom. The average molecular weight is 792 g/mol. The molecule has 62 heavy (non-hydrogen) atoms. The lowest BCUT2D eigenvalue weighted by Crippen LogP contribution is -1.94. The molecule has 12 rings (SSSR count). The normalized spacial score (nSPS) is 11.5. The van der Waals surface area contributed by atoms with Crippen LogP contribution in [0.3, 0.4) is 0 Å². The third kappa shape index (κ3) is 6.08. The molecule has 0 saturated carbocycles. The summed E-state index contributed by atoms with van der Waals surface area (Å²) in [5, 5.41) is 3.42. The minimum Gasteiger partial charge on any atom is -0.452 e. The fraction of sp³-hybridized carbons (Fsp3) is 0. The van der Waals surface area contributed by atoms with Crippen molar-refractivity contribution in [3.8, 4) is 72.8 Å². The van der Waals surface area contributed by atoms with Crippen LogP contribution in [0.1, 0.15) is 0 Å². The molecule has 0 aliphatic carbocycles. The van der Waals surface area contributed by atoms with Crippen LogP contribution in [0, 0.1) is 0 Å². The Labute approximate surface area is 358 Å². The van der Waals surface area contributed by atoms with Crippen molar-refractivity contribution in [1.29, 1.82) is 0 Å². The Bertz CT molecular complexity index is 3620. The summed E-state index contributed by atoms with van der Waals surface area (Å²) in [7, 11) is 0. The summed E-state index contributed by atoms with van der Waals surface area (Å²) in [5.41, 5.74) is 17.6. The topological polar surface area (TPSA) is 43.9 Å². The van der Waals surface area contributed by atoms with Gasteiger partial charge in [0.1, 0.15) is 16.8 Å². The molecule has 0 atom stereocenters. The lowest BCUT2D eigenvalue weighted by atomic mass is 9.94. The highest BCUT2D eigenvalue weighted by molar-refractivity contribution is 6.17. The Hall–Kier alpha value is -8.34. The molecular formula is C58H37N3O. The number of aromatic nitrogens is 3. The van der Waals surface area contributed by atoms with Crippen molar-refractivity contribution in [3.63, 3.8) is 0 Å². The molecule has 0 amide bonds. The Morgan fingerprint density at radius 1 is 0.355 bits per heavy atom.